The van der Waals surface area contributed by atoms with Gasteiger partial charge in [0.25, 0.3) is 0 Å². The molecule has 0 bridgehead atoms. The molecule has 0 aromatic heterocycles. The molecule has 4 amide bonds. The Kier molecular flexibility index (Phi) is 6.93. The quantitative estimate of drug-likeness (QED) is 0.260. The first-order valence-electron chi connectivity index (χ1n) is 15.0. The van der Waals surface area contributed by atoms with Crippen molar-refractivity contribution in [2.45, 2.75) is 25.7 Å². The van der Waals surface area contributed by atoms with Crippen LogP contribution in [0.4, 0.5) is 15.8 Å². The monoisotopic (exact) mass is 640 g/mol. The van der Waals surface area contributed by atoms with Gasteiger partial charge in [0.15, 0.2) is 0 Å². The van der Waals surface area contributed by atoms with Crippen LogP contribution in [0, 0.1) is 34.9 Å². The van der Waals surface area contributed by atoms with Gasteiger partial charge in [0, 0.05) is 17.5 Å². The topological polar surface area (TPSA) is 104 Å². The van der Waals surface area contributed by atoms with Gasteiger partial charge in [-0.25, -0.2) is 9.29 Å². The summed E-state index contributed by atoms with van der Waals surface area (Å²) in [6.07, 6.45) is 4.04. The minimum atomic E-state index is -1.34. The van der Waals surface area contributed by atoms with Gasteiger partial charge in [0.2, 0.25) is 23.6 Å². The summed E-state index contributed by atoms with van der Waals surface area (Å²) in [5.41, 5.74) is 1.44. The zero-order valence-electron chi connectivity index (χ0n) is 25.1. The third-order valence-electron chi connectivity index (χ3n) is 10.4. The van der Waals surface area contributed by atoms with E-state index >= 15 is 0 Å². The summed E-state index contributed by atoms with van der Waals surface area (Å²) in [5, 5.41) is 10.1. The first-order valence-corrected chi connectivity index (χ1v) is 15.4. The Morgan fingerprint density at radius 2 is 1.67 bits per heavy atom. The Morgan fingerprint density at radius 3 is 2.35 bits per heavy atom. The Hall–Kier alpha value is -4.76. The number of carbonyl (C=O) groups excluding carboxylic acids is 4. The number of amides is 4. The van der Waals surface area contributed by atoms with Gasteiger partial charge >= 0.3 is 0 Å². The smallest absolute Gasteiger partial charge is 0.241 e. The zero-order chi connectivity index (χ0) is 32.7. The molecule has 2 heterocycles. The van der Waals surface area contributed by atoms with Crippen molar-refractivity contribution in [3.63, 3.8) is 0 Å². The molecular weight excluding hydrogens is 611 g/mol. The van der Waals surface area contributed by atoms with Crippen molar-refractivity contribution in [1.82, 2.24) is 0 Å². The van der Waals surface area contributed by atoms with Crippen molar-refractivity contribution in [3.8, 4) is 11.5 Å². The highest BCUT2D eigenvalue weighted by atomic mass is 35.5. The fourth-order valence-corrected chi connectivity index (χ4v) is 8.36. The molecule has 2 saturated heterocycles. The summed E-state index contributed by atoms with van der Waals surface area (Å²) in [5.74, 6) is -5.61. The van der Waals surface area contributed by atoms with Crippen LogP contribution in [0.2, 0.25) is 5.02 Å². The van der Waals surface area contributed by atoms with Crippen molar-refractivity contribution in [2.75, 3.05) is 16.9 Å². The SMILES string of the molecule is C=Cc1ccc(N2C(=O)C3CC=C4C(CC5C(=O)N(c6ccc(F)c(Cl)c6)C(=O)C5(C)C4c4ccc(O)cc4OC)C3C2=O)cc1. The van der Waals surface area contributed by atoms with Crippen LogP contribution in [0.1, 0.15) is 36.8 Å². The Bertz CT molecular complexity index is 1890. The van der Waals surface area contributed by atoms with Gasteiger partial charge in [-0.3, -0.25) is 24.1 Å². The largest absolute Gasteiger partial charge is 0.508 e. The van der Waals surface area contributed by atoms with Crippen LogP contribution < -0.4 is 14.5 Å². The molecule has 10 heteroatoms. The molecule has 3 fully saturated rings. The summed E-state index contributed by atoms with van der Waals surface area (Å²) in [6, 6.07) is 15.3. The van der Waals surface area contributed by atoms with Gasteiger partial charge < -0.3 is 9.84 Å². The minimum Gasteiger partial charge on any atom is -0.508 e. The van der Waals surface area contributed by atoms with E-state index in [-0.39, 0.29) is 41.1 Å². The zero-order valence-corrected chi connectivity index (χ0v) is 25.8. The van der Waals surface area contributed by atoms with Crippen LogP contribution in [-0.4, -0.2) is 35.8 Å². The predicted octanol–water partition coefficient (Wildman–Crippen LogP) is 6.27. The van der Waals surface area contributed by atoms with E-state index in [1.165, 1.54) is 36.3 Å². The number of fused-ring (bicyclic) bond motifs is 4. The molecule has 2 aliphatic heterocycles. The fourth-order valence-electron chi connectivity index (χ4n) is 8.18. The molecule has 8 nitrogen and oxygen atoms in total. The molecule has 1 saturated carbocycles. The van der Waals surface area contributed by atoms with Gasteiger partial charge in [-0.15, -0.1) is 0 Å². The van der Waals surface area contributed by atoms with E-state index in [2.05, 4.69) is 6.58 Å². The second-order valence-corrected chi connectivity index (χ2v) is 12.9. The number of allylic oxidation sites excluding steroid dienone is 2. The molecule has 6 unspecified atom stereocenters. The standard InChI is InChI=1S/C36H30ClFN2O6/c1-4-18-5-7-19(8-6-18)39-32(42)24-13-12-22-25(30(24)34(39)44)17-26-33(43)40(20-9-14-28(38)27(37)15-20)35(45)36(26,2)31(22)23-11-10-21(41)16-29(23)46-3/h4-12,14-16,24-26,30-31,41H,1,13,17H2,2-3H3. The molecule has 7 rings (SSSR count). The third-order valence-corrected chi connectivity index (χ3v) is 10.6. The highest BCUT2D eigenvalue weighted by Gasteiger charge is 2.68. The second kappa shape index (κ2) is 10.7. The number of benzene rings is 3. The van der Waals surface area contributed by atoms with Gasteiger partial charge in [-0.1, -0.05) is 54.1 Å². The normalized spacial score (nSPS) is 28.5. The molecule has 6 atom stereocenters. The third kappa shape index (κ3) is 4.10. The van der Waals surface area contributed by atoms with Gasteiger partial charge in [0.1, 0.15) is 17.3 Å². The van der Waals surface area contributed by atoms with Crippen LogP contribution in [-0.2, 0) is 19.2 Å². The van der Waals surface area contributed by atoms with Crippen molar-refractivity contribution in [3.05, 3.63) is 101 Å². The van der Waals surface area contributed by atoms with Gasteiger partial charge in [-0.2, -0.15) is 0 Å². The molecule has 4 aliphatic rings. The maximum Gasteiger partial charge on any atom is 0.241 e. The van der Waals surface area contributed by atoms with Gasteiger partial charge in [-0.05, 0) is 67.6 Å². The Morgan fingerprint density at radius 1 is 0.957 bits per heavy atom. The molecule has 234 valence electrons. The van der Waals surface area contributed by atoms with E-state index in [9.17, 15) is 28.7 Å². The van der Waals surface area contributed by atoms with Crippen molar-refractivity contribution < 1.29 is 33.4 Å². The number of phenols is 1. The van der Waals surface area contributed by atoms with Crippen molar-refractivity contribution >= 4 is 52.7 Å². The molecule has 46 heavy (non-hydrogen) atoms. The molecular formula is C36H30ClFN2O6. The predicted molar refractivity (Wildman–Crippen MR) is 170 cm³/mol. The lowest BCUT2D eigenvalue weighted by atomic mass is 9.51. The maximum absolute atomic E-state index is 14.5. The first kappa shape index (κ1) is 29.9. The van der Waals surface area contributed by atoms with Crippen molar-refractivity contribution in [1.29, 1.82) is 0 Å². The van der Waals surface area contributed by atoms with E-state index in [1.54, 1.807) is 43.3 Å². The first-order chi connectivity index (χ1) is 22.0. The molecule has 3 aromatic carbocycles. The number of rotatable bonds is 5. The minimum absolute atomic E-state index is 0.0431. The molecule has 3 aromatic rings. The number of hydrogen-bond acceptors (Lipinski definition) is 6. The molecule has 2 aliphatic carbocycles. The summed E-state index contributed by atoms with van der Waals surface area (Å²) < 4.78 is 19.8. The average Bonchev–Trinajstić information content (AvgIpc) is 3.42. The van der Waals surface area contributed by atoms with Crippen LogP contribution in [0.15, 0.2) is 78.9 Å². The lowest BCUT2D eigenvalue weighted by Crippen LogP contribution is -2.49. The lowest BCUT2D eigenvalue weighted by molar-refractivity contribution is -0.131. The van der Waals surface area contributed by atoms with Gasteiger partial charge in [0.05, 0.1) is 46.7 Å². The van der Waals surface area contributed by atoms with Crippen LogP contribution >= 0.6 is 11.6 Å². The van der Waals surface area contributed by atoms with Crippen molar-refractivity contribution in [2.24, 2.45) is 29.1 Å². The molecule has 1 N–H and O–H groups in total. The summed E-state index contributed by atoms with van der Waals surface area (Å²) in [4.78, 5) is 59.2. The lowest BCUT2D eigenvalue weighted by Gasteiger charge is -2.49. The number of ether oxygens (including phenoxy) is 1. The fraction of sp³-hybridized carbons (Fsp3) is 0.278. The van der Waals surface area contributed by atoms with Crippen LogP contribution in [0.25, 0.3) is 6.08 Å². The summed E-state index contributed by atoms with van der Waals surface area (Å²) in [6.45, 7) is 5.50. The summed E-state index contributed by atoms with van der Waals surface area (Å²) in [7, 11) is 1.45. The van der Waals surface area contributed by atoms with E-state index in [1.807, 2.05) is 6.08 Å². The van der Waals surface area contributed by atoms with E-state index in [0.717, 1.165) is 22.1 Å². The number of nitrogens with zero attached hydrogens (tertiary/aromatic N) is 2. The Balaban J connectivity index is 1.37. The number of imide groups is 2. The Labute approximate surface area is 269 Å². The number of methoxy groups -OCH3 is 1. The number of halogens is 2. The summed E-state index contributed by atoms with van der Waals surface area (Å²) >= 11 is 6.07. The number of hydrogen-bond donors (Lipinski definition) is 1. The average molecular weight is 641 g/mol. The van der Waals surface area contributed by atoms with Crippen LogP contribution in [0.3, 0.4) is 0 Å². The van der Waals surface area contributed by atoms with E-state index < -0.39 is 52.6 Å². The number of anilines is 2. The molecule has 0 radical (unpaired) electrons. The highest BCUT2D eigenvalue weighted by Crippen LogP contribution is 2.64. The number of aromatic hydroxyl groups is 1. The molecule has 0 spiro atoms. The van der Waals surface area contributed by atoms with Crippen LogP contribution in [0.5, 0.6) is 11.5 Å². The number of carbonyl (C=O) groups is 4. The van der Waals surface area contributed by atoms with E-state index in [0.29, 0.717) is 17.0 Å². The second-order valence-electron chi connectivity index (χ2n) is 12.5. The van der Waals surface area contributed by atoms with E-state index in [4.69, 9.17) is 16.3 Å². The number of phenolic OH excluding ortho intramolecular Hbond substituents is 1. The maximum atomic E-state index is 14.5. The highest BCUT2D eigenvalue weighted by molar-refractivity contribution is 6.32.